The molecule has 1 aliphatic rings. The maximum Gasteiger partial charge on any atom is 0.343 e. The molecule has 1 aromatic rings. The van der Waals surface area contributed by atoms with Crippen LogP contribution in [-0.4, -0.2) is 55.2 Å². The zero-order valence-electron chi connectivity index (χ0n) is 13.6. The number of benzene rings is 1. The highest BCUT2D eigenvalue weighted by Gasteiger charge is 2.32. The molecule has 0 aliphatic carbocycles. The fourth-order valence-corrected chi connectivity index (χ4v) is 2.19. The van der Waals surface area contributed by atoms with Crippen molar-refractivity contribution in [2.24, 2.45) is 0 Å². The number of hydrogen-bond acceptors (Lipinski definition) is 7. The molecule has 1 heterocycles. The Bertz CT molecular complexity index is 729. The average Bonchev–Trinajstić information content (AvgIpc) is 2.88. The third-order valence-corrected chi connectivity index (χ3v) is 3.58. The summed E-state index contributed by atoms with van der Waals surface area (Å²) in [6.45, 7) is -0.438. The molecule has 0 saturated carbocycles. The highest BCUT2D eigenvalue weighted by atomic mass is 32.1. The molecular formula is C16H16N2O6S. The lowest BCUT2D eigenvalue weighted by Crippen LogP contribution is -2.35. The number of carbonyl (C=O) groups is 3. The lowest BCUT2D eigenvalue weighted by Gasteiger charge is -2.11. The van der Waals surface area contributed by atoms with Crippen LogP contribution in [0, 0.1) is 0 Å². The van der Waals surface area contributed by atoms with Crippen molar-refractivity contribution >= 4 is 41.3 Å². The van der Waals surface area contributed by atoms with Crippen molar-refractivity contribution < 1.29 is 28.6 Å². The van der Waals surface area contributed by atoms with Gasteiger partial charge in [0.05, 0.1) is 14.2 Å². The fraction of sp³-hybridized carbons (Fsp3) is 0.250. The number of nitrogens with zero attached hydrogens (tertiary/aromatic N) is 1. The Morgan fingerprint density at radius 3 is 2.40 bits per heavy atom. The van der Waals surface area contributed by atoms with Gasteiger partial charge in [-0.3, -0.25) is 14.5 Å². The first-order valence-electron chi connectivity index (χ1n) is 7.15. The summed E-state index contributed by atoms with van der Waals surface area (Å²) in [6.07, 6.45) is 1.59. The van der Waals surface area contributed by atoms with E-state index in [0.717, 1.165) is 4.90 Å². The second-order valence-corrected chi connectivity index (χ2v) is 5.28. The summed E-state index contributed by atoms with van der Waals surface area (Å²) >= 11 is 5.05. The predicted octanol–water partition coefficient (Wildman–Crippen LogP) is 0.469. The SMILES string of the molecule is COC(=O)COc1ccc(/C=C2\NC(=S)N(CC(=O)OC)C2=O)cc1. The normalized spacial score (nSPS) is 15.1. The second-order valence-electron chi connectivity index (χ2n) is 4.89. The molecule has 1 N–H and O–H groups in total. The number of amides is 1. The summed E-state index contributed by atoms with van der Waals surface area (Å²) in [7, 11) is 2.51. The molecular weight excluding hydrogens is 348 g/mol. The molecule has 0 bridgehead atoms. The van der Waals surface area contributed by atoms with Crippen LogP contribution in [0.25, 0.3) is 6.08 Å². The van der Waals surface area contributed by atoms with Crippen molar-refractivity contribution in [2.45, 2.75) is 0 Å². The number of hydrogen-bond donors (Lipinski definition) is 1. The monoisotopic (exact) mass is 364 g/mol. The summed E-state index contributed by atoms with van der Waals surface area (Å²) in [5.74, 6) is -0.973. The molecule has 1 fully saturated rings. The molecule has 0 atom stereocenters. The van der Waals surface area contributed by atoms with Gasteiger partial charge in [0.1, 0.15) is 18.0 Å². The van der Waals surface area contributed by atoms with Gasteiger partial charge in [-0.2, -0.15) is 0 Å². The van der Waals surface area contributed by atoms with Crippen molar-refractivity contribution in [1.82, 2.24) is 10.2 Å². The molecule has 1 aromatic carbocycles. The zero-order chi connectivity index (χ0) is 18.4. The van der Waals surface area contributed by atoms with Gasteiger partial charge < -0.3 is 19.5 Å². The number of esters is 2. The minimum atomic E-state index is -0.564. The van der Waals surface area contributed by atoms with Gasteiger partial charge >= 0.3 is 11.9 Å². The van der Waals surface area contributed by atoms with Crippen LogP contribution in [0.2, 0.25) is 0 Å². The van der Waals surface area contributed by atoms with E-state index in [1.807, 2.05) is 0 Å². The van der Waals surface area contributed by atoms with Crippen molar-refractivity contribution in [3.63, 3.8) is 0 Å². The molecule has 1 saturated heterocycles. The minimum absolute atomic E-state index is 0.139. The molecule has 8 nitrogen and oxygen atoms in total. The predicted molar refractivity (Wildman–Crippen MR) is 91.4 cm³/mol. The van der Waals surface area contributed by atoms with Gasteiger partial charge in [0.25, 0.3) is 5.91 Å². The Morgan fingerprint density at radius 2 is 1.80 bits per heavy atom. The van der Waals surface area contributed by atoms with Crippen LogP contribution in [0.1, 0.15) is 5.56 Å². The van der Waals surface area contributed by atoms with Crippen LogP contribution in [0.3, 0.4) is 0 Å². The summed E-state index contributed by atoms with van der Waals surface area (Å²) in [5.41, 5.74) is 0.959. The maximum atomic E-state index is 12.3. The van der Waals surface area contributed by atoms with Gasteiger partial charge in [-0.05, 0) is 36.0 Å². The van der Waals surface area contributed by atoms with Gasteiger partial charge in [-0.15, -0.1) is 0 Å². The number of thiocarbonyl (C=S) groups is 1. The molecule has 1 aliphatic heterocycles. The van der Waals surface area contributed by atoms with E-state index >= 15 is 0 Å². The van der Waals surface area contributed by atoms with E-state index in [1.165, 1.54) is 14.2 Å². The first kappa shape index (κ1) is 18.4. The lowest BCUT2D eigenvalue weighted by atomic mass is 10.2. The van der Waals surface area contributed by atoms with Crippen molar-refractivity contribution in [3.8, 4) is 5.75 Å². The van der Waals surface area contributed by atoms with E-state index in [0.29, 0.717) is 11.3 Å². The van der Waals surface area contributed by atoms with Crippen LogP contribution < -0.4 is 10.1 Å². The van der Waals surface area contributed by atoms with Gasteiger partial charge in [-0.1, -0.05) is 12.1 Å². The molecule has 0 unspecified atom stereocenters. The third-order valence-electron chi connectivity index (χ3n) is 3.25. The quantitative estimate of drug-likeness (QED) is 0.442. The minimum Gasteiger partial charge on any atom is -0.482 e. The first-order chi connectivity index (χ1) is 11.9. The summed E-state index contributed by atoms with van der Waals surface area (Å²) in [6, 6.07) is 6.72. The standard InChI is InChI=1S/C16H16N2O6S/c1-22-13(19)8-18-15(21)12(17-16(18)25)7-10-3-5-11(6-4-10)24-9-14(20)23-2/h3-7H,8-9H2,1-2H3,(H,17,25)/b12-7-. The largest absolute Gasteiger partial charge is 0.482 e. The van der Waals surface area contributed by atoms with Gasteiger partial charge in [-0.25, -0.2) is 4.79 Å². The summed E-state index contributed by atoms with van der Waals surface area (Å²) in [5, 5.41) is 2.90. The Labute approximate surface area is 149 Å². The number of nitrogens with one attached hydrogen (secondary N) is 1. The van der Waals surface area contributed by atoms with Crippen LogP contribution >= 0.6 is 12.2 Å². The molecule has 0 aromatic heterocycles. The third kappa shape index (κ3) is 4.77. The van der Waals surface area contributed by atoms with E-state index in [2.05, 4.69) is 14.8 Å². The van der Waals surface area contributed by atoms with Crippen molar-refractivity contribution in [1.29, 1.82) is 0 Å². The Morgan fingerprint density at radius 1 is 1.16 bits per heavy atom. The fourth-order valence-electron chi connectivity index (χ4n) is 1.94. The lowest BCUT2D eigenvalue weighted by molar-refractivity contribution is -0.143. The maximum absolute atomic E-state index is 12.3. The van der Waals surface area contributed by atoms with Gasteiger partial charge in [0.2, 0.25) is 0 Å². The van der Waals surface area contributed by atoms with Crippen LogP contribution in [0.5, 0.6) is 5.75 Å². The molecule has 0 spiro atoms. The number of rotatable bonds is 6. The van der Waals surface area contributed by atoms with E-state index in [-0.39, 0.29) is 24.0 Å². The number of methoxy groups -OCH3 is 2. The number of carbonyl (C=O) groups excluding carboxylic acids is 3. The van der Waals surface area contributed by atoms with Gasteiger partial charge in [0.15, 0.2) is 11.7 Å². The zero-order valence-corrected chi connectivity index (χ0v) is 14.4. The van der Waals surface area contributed by atoms with E-state index in [9.17, 15) is 14.4 Å². The number of ether oxygens (including phenoxy) is 3. The van der Waals surface area contributed by atoms with Gasteiger partial charge in [0, 0.05) is 0 Å². The average molecular weight is 364 g/mol. The second kappa shape index (κ2) is 8.25. The highest BCUT2D eigenvalue weighted by molar-refractivity contribution is 7.80. The molecule has 1 amide bonds. The van der Waals surface area contributed by atoms with E-state index in [1.54, 1.807) is 30.3 Å². The van der Waals surface area contributed by atoms with Crippen molar-refractivity contribution in [2.75, 3.05) is 27.4 Å². The smallest absolute Gasteiger partial charge is 0.343 e. The first-order valence-corrected chi connectivity index (χ1v) is 7.56. The summed E-state index contributed by atoms with van der Waals surface area (Å²) < 4.78 is 14.3. The topological polar surface area (TPSA) is 94.2 Å². The van der Waals surface area contributed by atoms with Crippen LogP contribution in [0.15, 0.2) is 30.0 Å². The molecule has 9 heteroatoms. The Hall–Kier alpha value is -2.94. The van der Waals surface area contributed by atoms with Crippen LogP contribution in [0.4, 0.5) is 0 Å². The van der Waals surface area contributed by atoms with Crippen LogP contribution in [-0.2, 0) is 23.9 Å². The molecule has 0 radical (unpaired) electrons. The molecule has 25 heavy (non-hydrogen) atoms. The van der Waals surface area contributed by atoms with Crippen molar-refractivity contribution in [3.05, 3.63) is 35.5 Å². The van der Waals surface area contributed by atoms with E-state index < -0.39 is 17.8 Å². The highest BCUT2D eigenvalue weighted by Crippen LogP contribution is 2.17. The molecule has 2 rings (SSSR count). The Balaban J connectivity index is 2.05. The summed E-state index contributed by atoms with van der Waals surface area (Å²) in [4.78, 5) is 35.7. The molecule has 132 valence electrons. The van der Waals surface area contributed by atoms with E-state index in [4.69, 9.17) is 17.0 Å². The Kier molecular flexibility index (Phi) is 6.07.